The summed E-state index contributed by atoms with van der Waals surface area (Å²) in [6.45, 7) is 0. The second-order valence-electron chi connectivity index (χ2n) is 2.22. The van der Waals surface area contributed by atoms with E-state index in [-0.39, 0.29) is 0 Å². The predicted molar refractivity (Wildman–Crippen MR) is 41.5 cm³/mol. The lowest BCUT2D eigenvalue weighted by Crippen LogP contribution is -1.98. The molecule has 0 unspecified atom stereocenters. The van der Waals surface area contributed by atoms with Crippen molar-refractivity contribution in [2.45, 2.75) is 0 Å². The van der Waals surface area contributed by atoms with E-state index in [1.165, 1.54) is 0 Å². The highest BCUT2D eigenvalue weighted by molar-refractivity contribution is 6.33. The van der Waals surface area contributed by atoms with Gasteiger partial charge < -0.3 is 0 Å². The van der Waals surface area contributed by atoms with Crippen molar-refractivity contribution in [1.82, 2.24) is 10.2 Å². The number of H-pyrrole nitrogens is 1. The lowest BCUT2D eigenvalue weighted by atomic mass is 9.96. The first-order valence-corrected chi connectivity index (χ1v) is 3.05. The lowest BCUT2D eigenvalue weighted by Gasteiger charge is -1.89. The highest BCUT2D eigenvalue weighted by Crippen LogP contribution is 2.05. The predicted octanol–water partition coefficient (Wildman–Crippen LogP) is 0.357. The molecule has 46 valence electrons. The Balaban J connectivity index is 2.86. The molecule has 2 rings (SSSR count). The average molecular weight is 128 g/mol. The SMILES string of the molecule is [B]c1ccc2cn[nH]c2c1. The Bertz CT molecular complexity index is 353. The molecule has 0 saturated carbocycles. The summed E-state index contributed by atoms with van der Waals surface area (Å²) >= 11 is 0. The minimum absolute atomic E-state index is 0.761. The molecule has 10 heavy (non-hydrogen) atoms. The standard InChI is InChI=1S/C7H5BN2/c8-6-2-1-5-4-9-10-7(5)3-6/h1-4H,(H,9,10). The van der Waals surface area contributed by atoms with Gasteiger partial charge in [-0.1, -0.05) is 17.6 Å². The fourth-order valence-corrected chi connectivity index (χ4v) is 0.955. The van der Waals surface area contributed by atoms with Gasteiger partial charge in [-0.15, -0.1) is 0 Å². The summed E-state index contributed by atoms with van der Waals surface area (Å²) in [6, 6.07) is 5.66. The Morgan fingerprint density at radius 3 is 3.20 bits per heavy atom. The van der Waals surface area contributed by atoms with Crippen molar-refractivity contribution >= 4 is 24.2 Å². The van der Waals surface area contributed by atoms with Crippen LogP contribution in [0.2, 0.25) is 0 Å². The maximum atomic E-state index is 5.54. The van der Waals surface area contributed by atoms with Gasteiger partial charge >= 0.3 is 0 Å². The molecule has 1 heterocycles. The number of hydrogen-bond donors (Lipinski definition) is 1. The number of rotatable bonds is 0. The number of hydrogen-bond acceptors (Lipinski definition) is 1. The molecule has 0 aliphatic heterocycles. The van der Waals surface area contributed by atoms with Crippen LogP contribution in [0.4, 0.5) is 0 Å². The fourth-order valence-electron chi connectivity index (χ4n) is 0.955. The summed E-state index contributed by atoms with van der Waals surface area (Å²) < 4.78 is 0. The van der Waals surface area contributed by atoms with Crippen LogP contribution < -0.4 is 5.46 Å². The zero-order valence-corrected chi connectivity index (χ0v) is 5.33. The van der Waals surface area contributed by atoms with E-state index in [0.717, 1.165) is 16.4 Å². The van der Waals surface area contributed by atoms with Crippen LogP contribution in [0.15, 0.2) is 24.4 Å². The highest BCUT2D eigenvalue weighted by Gasteiger charge is 1.91. The Kier molecular flexibility index (Phi) is 1.03. The van der Waals surface area contributed by atoms with Crippen LogP contribution in [-0.4, -0.2) is 18.0 Å². The Hall–Kier alpha value is -1.25. The largest absolute Gasteiger partial charge is 0.278 e. The van der Waals surface area contributed by atoms with Crippen molar-refractivity contribution in [1.29, 1.82) is 0 Å². The smallest absolute Gasteiger partial charge is 0.113 e. The van der Waals surface area contributed by atoms with Crippen LogP contribution in [0.1, 0.15) is 0 Å². The quantitative estimate of drug-likeness (QED) is 0.509. The molecule has 3 heteroatoms. The fraction of sp³-hybridized carbons (Fsp3) is 0. The maximum Gasteiger partial charge on any atom is 0.113 e. The normalized spacial score (nSPS) is 10.4. The zero-order valence-electron chi connectivity index (χ0n) is 5.33. The van der Waals surface area contributed by atoms with E-state index in [2.05, 4.69) is 10.2 Å². The number of nitrogens with one attached hydrogen (secondary N) is 1. The summed E-state index contributed by atoms with van der Waals surface area (Å²) in [6.07, 6.45) is 1.77. The summed E-state index contributed by atoms with van der Waals surface area (Å²) in [5.74, 6) is 0. The third kappa shape index (κ3) is 0.710. The monoisotopic (exact) mass is 128 g/mol. The van der Waals surface area contributed by atoms with Crippen molar-refractivity contribution in [3.8, 4) is 0 Å². The molecule has 0 bridgehead atoms. The summed E-state index contributed by atoms with van der Waals surface area (Å²) in [7, 11) is 5.54. The summed E-state index contributed by atoms with van der Waals surface area (Å²) in [5.41, 5.74) is 1.75. The molecule has 0 aliphatic carbocycles. The Morgan fingerprint density at radius 1 is 1.40 bits per heavy atom. The first-order chi connectivity index (χ1) is 4.86. The molecule has 0 atom stereocenters. The molecule has 0 amide bonds. The van der Waals surface area contributed by atoms with Gasteiger partial charge in [0.2, 0.25) is 0 Å². The molecule has 2 aromatic rings. The average Bonchev–Trinajstić information content (AvgIpc) is 2.33. The number of aromatic nitrogens is 2. The van der Waals surface area contributed by atoms with E-state index < -0.39 is 0 Å². The van der Waals surface area contributed by atoms with Gasteiger partial charge in [-0.2, -0.15) is 5.10 Å². The van der Waals surface area contributed by atoms with E-state index in [4.69, 9.17) is 7.85 Å². The van der Waals surface area contributed by atoms with Crippen LogP contribution in [0.5, 0.6) is 0 Å². The van der Waals surface area contributed by atoms with Gasteiger partial charge in [0, 0.05) is 5.39 Å². The van der Waals surface area contributed by atoms with Gasteiger partial charge in [0.15, 0.2) is 0 Å². The molecule has 2 radical (unpaired) electrons. The number of benzene rings is 1. The minimum atomic E-state index is 0.761. The first-order valence-electron chi connectivity index (χ1n) is 3.05. The van der Waals surface area contributed by atoms with Crippen LogP contribution in [-0.2, 0) is 0 Å². The summed E-state index contributed by atoms with van der Waals surface area (Å²) in [5, 5.41) is 7.78. The molecule has 0 saturated heterocycles. The molecule has 1 aromatic carbocycles. The maximum absolute atomic E-state index is 5.54. The van der Waals surface area contributed by atoms with E-state index in [1.807, 2.05) is 18.2 Å². The van der Waals surface area contributed by atoms with Crippen LogP contribution in [0.25, 0.3) is 10.9 Å². The topological polar surface area (TPSA) is 28.7 Å². The van der Waals surface area contributed by atoms with Crippen molar-refractivity contribution in [2.24, 2.45) is 0 Å². The molecule has 0 fully saturated rings. The lowest BCUT2D eigenvalue weighted by molar-refractivity contribution is 1.12. The van der Waals surface area contributed by atoms with E-state index in [1.54, 1.807) is 6.20 Å². The third-order valence-electron chi connectivity index (χ3n) is 1.47. The zero-order chi connectivity index (χ0) is 6.97. The van der Waals surface area contributed by atoms with Gasteiger partial charge in [0.25, 0.3) is 0 Å². The van der Waals surface area contributed by atoms with Crippen molar-refractivity contribution in [3.05, 3.63) is 24.4 Å². The van der Waals surface area contributed by atoms with Gasteiger partial charge in [-0.3, -0.25) is 5.10 Å². The summed E-state index contributed by atoms with van der Waals surface area (Å²) in [4.78, 5) is 0. The van der Waals surface area contributed by atoms with E-state index in [0.29, 0.717) is 0 Å². The number of nitrogens with zero attached hydrogens (tertiary/aromatic N) is 1. The number of aromatic amines is 1. The molecular formula is C7H5BN2. The molecule has 2 nitrogen and oxygen atoms in total. The third-order valence-corrected chi connectivity index (χ3v) is 1.47. The minimum Gasteiger partial charge on any atom is -0.278 e. The molecular weight excluding hydrogens is 123 g/mol. The van der Waals surface area contributed by atoms with Crippen molar-refractivity contribution < 1.29 is 0 Å². The van der Waals surface area contributed by atoms with Crippen LogP contribution in [0, 0.1) is 0 Å². The molecule has 0 spiro atoms. The van der Waals surface area contributed by atoms with Crippen LogP contribution >= 0.6 is 0 Å². The van der Waals surface area contributed by atoms with E-state index >= 15 is 0 Å². The molecule has 0 aliphatic rings. The number of fused-ring (bicyclic) bond motifs is 1. The molecule has 1 N–H and O–H groups in total. The van der Waals surface area contributed by atoms with Gasteiger partial charge in [-0.25, -0.2) is 0 Å². The second kappa shape index (κ2) is 1.87. The second-order valence-corrected chi connectivity index (χ2v) is 2.22. The molecule has 1 aromatic heterocycles. The highest BCUT2D eigenvalue weighted by atomic mass is 15.1. The van der Waals surface area contributed by atoms with Crippen LogP contribution in [0.3, 0.4) is 0 Å². The van der Waals surface area contributed by atoms with Gasteiger partial charge in [-0.05, 0) is 6.07 Å². The van der Waals surface area contributed by atoms with Crippen molar-refractivity contribution in [2.75, 3.05) is 0 Å². The van der Waals surface area contributed by atoms with E-state index in [9.17, 15) is 0 Å². The van der Waals surface area contributed by atoms with Crippen molar-refractivity contribution in [3.63, 3.8) is 0 Å². The Labute approximate surface area is 59.7 Å². The first kappa shape index (κ1) is 5.53. The van der Waals surface area contributed by atoms with Gasteiger partial charge in [0.1, 0.15) is 7.85 Å². The van der Waals surface area contributed by atoms with Gasteiger partial charge in [0.05, 0.1) is 11.7 Å². The Morgan fingerprint density at radius 2 is 2.30 bits per heavy atom.